The average Bonchev–Trinajstić information content (AvgIpc) is 2.88. The highest BCUT2D eigenvalue weighted by atomic mass is 35.5. The predicted octanol–water partition coefficient (Wildman–Crippen LogP) is 4.35. The van der Waals surface area contributed by atoms with Crippen molar-refractivity contribution in [3.63, 3.8) is 0 Å². The number of β-amino-alcohol motifs (C(OH)–C–C–N with tert-alkyl or cyclic N) is 1. The van der Waals surface area contributed by atoms with Crippen molar-refractivity contribution in [1.82, 2.24) is 4.90 Å². The van der Waals surface area contributed by atoms with Gasteiger partial charge >= 0.3 is 0 Å². The second-order valence-corrected chi connectivity index (χ2v) is 9.41. The van der Waals surface area contributed by atoms with Crippen molar-refractivity contribution in [3.8, 4) is 11.8 Å². The van der Waals surface area contributed by atoms with Crippen LogP contribution in [0.4, 0.5) is 5.69 Å². The number of hydrogen-bond donors (Lipinski definition) is 2. The molecule has 1 fully saturated rings. The number of aliphatic hydroxyl groups is 2. The van der Waals surface area contributed by atoms with Crippen LogP contribution in [-0.4, -0.2) is 54.5 Å². The molecule has 1 aliphatic rings. The van der Waals surface area contributed by atoms with E-state index in [0.29, 0.717) is 22.9 Å². The van der Waals surface area contributed by atoms with E-state index in [1.165, 1.54) is 5.56 Å². The predicted molar refractivity (Wildman–Crippen MR) is 138 cm³/mol. The van der Waals surface area contributed by atoms with E-state index in [4.69, 9.17) is 26.7 Å². The van der Waals surface area contributed by atoms with Gasteiger partial charge < -0.3 is 19.8 Å². The molecule has 1 heterocycles. The summed E-state index contributed by atoms with van der Waals surface area (Å²) in [4.78, 5) is 4.58. The molecule has 6 nitrogen and oxygen atoms in total. The summed E-state index contributed by atoms with van der Waals surface area (Å²) in [5.41, 5.74) is 2.41. The zero-order valence-corrected chi connectivity index (χ0v) is 20.5. The van der Waals surface area contributed by atoms with Crippen molar-refractivity contribution in [2.24, 2.45) is 0 Å². The van der Waals surface area contributed by atoms with Gasteiger partial charge in [0.1, 0.15) is 12.4 Å². The molecule has 35 heavy (non-hydrogen) atoms. The van der Waals surface area contributed by atoms with E-state index in [2.05, 4.69) is 28.0 Å². The number of piperazine rings is 1. The molecule has 0 bridgehead atoms. The maximum absolute atomic E-state index is 11.3. The van der Waals surface area contributed by atoms with Gasteiger partial charge in [-0.25, -0.2) is 0 Å². The van der Waals surface area contributed by atoms with Crippen LogP contribution in [0.2, 0.25) is 5.02 Å². The number of hydrogen-bond acceptors (Lipinski definition) is 6. The Bertz CT molecular complexity index is 1160. The Balaban J connectivity index is 1.56. The summed E-state index contributed by atoms with van der Waals surface area (Å²) in [6.07, 6.45) is 0. The van der Waals surface area contributed by atoms with Crippen molar-refractivity contribution >= 4 is 17.3 Å². The maximum Gasteiger partial charge on any atom is 0.121 e. The number of anilines is 1. The first-order chi connectivity index (χ1) is 16.9. The Kier molecular flexibility index (Phi) is 7.94. The van der Waals surface area contributed by atoms with E-state index in [9.17, 15) is 5.11 Å². The molecule has 182 valence electrons. The largest absolute Gasteiger partial charge is 0.491 e. The molecule has 0 amide bonds. The summed E-state index contributed by atoms with van der Waals surface area (Å²) >= 11 is 6.68. The summed E-state index contributed by atoms with van der Waals surface area (Å²) in [5.74, 6) is 0.626. The van der Waals surface area contributed by atoms with Crippen LogP contribution in [0.25, 0.3) is 0 Å². The van der Waals surface area contributed by atoms with Gasteiger partial charge in [0, 0.05) is 32.2 Å². The molecule has 2 atom stereocenters. The first-order valence-electron chi connectivity index (χ1n) is 11.7. The molecule has 0 spiro atoms. The fourth-order valence-corrected chi connectivity index (χ4v) is 4.92. The molecule has 0 aromatic heterocycles. The summed E-state index contributed by atoms with van der Waals surface area (Å²) in [6, 6.07) is 25.2. The van der Waals surface area contributed by atoms with Gasteiger partial charge in [0.15, 0.2) is 0 Å². The van der Waals surface area contributed by atoms with Crippen LogP contribution in [0, 0.1) is 11.3 Å². The number of benzene rings is 3. The van der Waals surface area contributed by atoms with Crippen molar-refractivity contribution < 1.29 is 14.9 Å². The third-order valence-corrected chi connectivity index (χ3v) is 6.71. The maximum atomic E-state index is 11.3. The molecule has 3 aromatic rings. The second-order valence-electron chi connectivity index (χ2n) is 9.00. The minimum Gasteiger partial charge on any atom is -0.491 e. The van der Waals surface area contributed by atoms with Gasteiger partial charge in [-0.05, 0) is 42.3 Å². The fraction of sp³-hybridized carbons (Fsp3) is 0.321. The molecule has 7 heteroatoms. The average molecular weight is 492 g/mol. The van der Waals surface area contributed by atoms with Crippen molar-refractivity contribution in [2.45, 2.75) is 18.6 Å². The summed E-state index contributed by atoms with van der Waals surface area (Å²) in [7, 11) is 0. The van der Waals surface area contributed by atoms with Crippen LogP contribution < -0.4 is 9.64 Å². The minimum atomic E-state index is -1.05. The van der Waals surface area contributed by atoms with E-state index in [-0.39, 0.29) is 19.3 Å². The van der Waals surface area contributed by atoms with E-state index in [0.717, 1.165) is 30.9 Å². The summed E-state index contributed by atoms with van der Waals surface area (Å²) in [6.45, 7) is 4.67. The lowest BCUT2D eigenvalue weighted by Gasteiger charge is -2.45. The molecule has 4 rings (SSSR count). The van der Waals surface area contributed by atoms with Crippen LogP contribution in [0.5, 0.6) is 5.75 Å². The Morgan fingerprint density at radius 3 is 2.49 bits per heavy atom. The molecule has 2 N–H and O–H groups in total. The monoisotopic (exact) mass is 491 g/mol. The lowest BCUT2D eigenvalue weighted by molar-refractivity contribution is 0.0103. The number of aliphatic hydroxyl groups excluding tert-OH is 1. The van der Waals surface area contributed by atoms with Gasteiger partial charge in [0.05, 0.1) is 40.6 Å². The first kappa shape index (κ1) is 25.0. The third-order valence-electron chi connectivity index (χ3n) is 6.40. The fourth-order valence-electron chi connectivity index (χ4n) is 4.64. The minimum absolute atomic E-state index is 0.0448. The Labute approximate surface area is 211 Å². The third kappa shape index (κ3) is 5.95. The quantitative estimate of drug-likeness (QED) is 0.487. The lowest BCUT2D eigenvalue weighted by atomic mass is 9.93. The summed E-state index contributed by atoms with van der Waals surface area (Å²) in [5, 5.41) is 30.0. The van der Waals surface area contributed by atoms with E-state index in [1.807, 2.05) is 49.4 Å². The highest BCUT2D eigenvalue weighted by molar-refractivity contribution is 6.33. The topological polar surface area (TPSA) is 80.0 Å². The lowest BCUT2D eigenvalue weighted by Crippen LogP contribution is -2.52. The molecule has 0 radical (unpaired) electrons. The molecule has 0 saturated carbocycles. The molecule has 0 aliphatic carbocycles. The summed E-state index contributed by atoms with van der Waals surface area (Å²) < 4.78 is 5.51. The molecular formula is C28H30ClN3O3. The van der Waals surface area contributed by atoms with E-state index < -0.39 is 5.60 Å². The molecule has 0 unspecified atom stereocenters. The van der Waals surface area contributed by atoms with Crippen molar-refractivity contribution in [3.05, 3.63) is 94.5 Å². The van der Waals surface area contributed by atoms with Crippen LogP contribution >= 0.6 is 11.6 Å². The van der Waals surface area contributed by atoms with Gasteiger partial charge in [0.25, 0.3) is 0 Å². The number of ether oxygens (including phenoxy) is 1. The van der Waals surface area contributed by atoms with Gasteiger partial charge in [-0.3, -0.25) is 4.90 Å². The highest BCUT2D eigenvalue weighted by Crippen LogP contribution is 2.37. The highest BCUT2D eigenvalue weighted by Gasteiger charge is 2.34. The van der Waals surface area contributed by atoms with Crippen LogP contribution in [-0.2, 0) is 5.60 Å². The normalized spacial score (nSPS) is 18.0. The molecule has 3 aromatic carbocycles. The molecule has 1 aliphatic heterocycles. The number of nitrogens with zero attached hydrogens (tertiary/aromatic N) is 3. The van der Waals surface area contributed by atoms with Gasteiger partial charge in [-0.15, -0.1) is 0 Å². The van der Waals surface area contributed by atoms with Crippen molar-refractivity contribution in [1.29, 1.82) is 5.26 Å². The van der Waals surface area contributed by atoms with E-state index in [1.54, 1.807) is 18.2 Å². The number of rotatable bonds is 8. The number of halogens is 1. The number of nitriles is 1. The zero-order chi connectivity index (χ0) is 24.8. The van der Waals surface area contributed by atoms with Gasteiger partial charge in [-0.2, -0.15) is 5.26 Å². The smallest absolute Gasteiger partial charge is 0.121 e. The van der Waals surface area contributed by atoms with Crippen LogP contribution in [0.1, 0.15) is 29.7 Å². The van der Waals surface area contributed by atoms with Crippen molar-refractivity contribution in [2.75, 3.05) is 44.3 Å². The zero-order valence-electron chi connectivity index (χ0n) is 19.8. The molecule has 1 saturated heterocycles. The Morgan fingerprint density at radius 1 is 1.09 bits per heavy atom. The molecular weight excluding hydrogens is 462 g/mol. The SMILES string of the molecule is C[C@@](O)(CN1CCN(c2ccc(OCCO)cc2Cl)[C@H](c2ccccc2)C1)c1ccc(C#N)cc1. The van der Waals surface area contributed by atoms with E-state index >= 15 is 0 Å². The van der Waals surface area contributed by atoms with Crippen LogP contribution in [0.3, 0.4) is 0 Å². The Hall–Kier alpha value is -3.08. The first-order valence-corrected chi connectivity index (χ1v) is 12.1. The van der Waals surface area contributed by atoms with Gasteiger partial charge in [-0.1, -0.05) is 54.1 Å². The standard InChI is InChI=1S/C28H30ClN3O3/c1-28(34,23-9-7-21(18-30)8-10-23)20-31-13-14-32(27(19-31)22-5-3-2-4-6-22)26-12-11-24(17-25(26)29)35-16-15-33/h2-12,17,27,33-34H,13-16,19-20H2,1H3/t27-,28+/m0/s1. The van der Waals surface area contributed by atoms with Crippen LogP contribution in [0.15, 0.2) is 72.8 Å². The second kappa shape index (κ2) is 11.1. The van der Waals surface area contributed by atoms with Gasteiger partial charge in [0.2, 0.25) is 0 Å². The Morgan fingerprint density at radius 2 is 1.83 bits per heavy atom.